The monoisotopic (exact) mass is 308 g/mol. The minimum atomic E-state index is 0.839. The molecule has 0 fully saturated rings. The molecule has 0 saturated heterocycles. The van der Waals surface area contributed by atoms with Crippen LogP contribution in [0, 0.1) is 6.92 Å². The molecule has 0 unspecified atom stereocenters. The zero-order valence-corrected chi connectivity index (χ0v) is 13.9. The van der Waals surface area contributed by atoms with Gasteiger partial charge in [0.1, 0.15) is 11.6 Å². The van der Waals surface area contributed by atoms with E-state index in [2.05, 4.69) is 58.7 Å². The fourth-order valence-electron chi connectivity index (χ4n) is 2.96. The molecular formula is C19H24N4. The summed E-state index contributed by atoms with van der Waals surface area (Å²) in [4.78, 5) is 11.6. The maximum absolute atomic E-state index is 4.71. The van der Waals surface area contributed by atoms with Gasteiger partial charge in [-0.2, -0.15) is 0 Å². The molecule has 1 N–H and O–H groups in total. The SMILES string of the molecule is Cc1nc2c(c(N(C)CC=Cc3ccccc3)n1)CCNCC2. The molecule has 1 aliphatic heterocycles. The van der Waals surface area contributed by atoms with Crippen molar-refractivity contribution in [2.75, 3.05) is 31.6 Å². The average Bonchev–Trinajstić information content (AvgIpc) is 2.80. The van der Waals surface area contributed by atoms with E-state index in [4.69, 9.17) is 4.98 Å². The normalized spacial score (nSPS) is 14.5. The number of fused-ring (bicyclic) bond motifs is 1. The van der Waals surface area contributed by atoms with Gasteiger partial charge in [0.25, 0.3) is 0 Å². The van der Waals surface area contributed by atoms with E-state index in [0.717, 1.165) is 44.1 Å². The number of aromatic nitrogens is 2. The van der Waals surface area contributed by atoms with Crippen molar-refractivity contribution in [2.45, 2.75) is 19.8 Å². The fraction of sp³-hybridized carbons (Fsp3) is 0.368. The van der Waals surface area contributed by atoms with Crippen LogP contribution in [0.2, 0.25) is 0 Å². The van der Waals surface area contributed by atoms with Gasteiger partial charge in [-0.25, -0.2) is 9.97 Å². The highest BCUT2D eigenvalue weighted by Gasteiger charge is 2.17. The van der Waals surface area contributed by atoms with Crippen LogP contribution < -0.4 is 10.2 Å². The van der Waals surface area contributed by atoms with Gasteiger partial charge in [-0.1, -0.05) is 42.5 Å². The van der Waals surface area contributed by atoms with Crippen molar-refractivity contribution < 1.29 is 0 Å². The van der Waals surface area contributed by atoms with Gasteiger partial charge in [0.2, 0.25) is 0 Å². The van der Waals surface area contributed by atoms with Gasteiger partial charge in [-0.05, 0) is 25.5 Å². The lowest BCUT2D eigenvalue weighted by Crippen LogP contribution is -2.22. The molecule has 3 rings (SSSR count). The highest BCUT2D eigenvalue weighted by molar-refractivity contribution is 5.53. The molecule has 0 saturated carbocycles. The van der Waals surface area contributed by atoms with Crippen molar-refractivity contribution in [1.29, 1.82) is 0 Å². The van der Waals surface area contributed by atoms with Crippen LogP contribution in [0.3, 0.4) is 0 Å². The smallest absolute Gasteiger partial charge is 0.135 e. The number of likely N-dealkylation sites (N-methyl/N-ethyl adjacent to an activating group) is 1. The van der Waals surface area contributed by atoms with Crippen molar-refractivity contribution >= 4 is 11.9 Å². The van der Waals surface area contributed by atoms with E-state index in [9.17, 15) is 0 Å². The van der Waals surface area contributed by atoms with Gasteiger partial charge in [-0.15, -0.1) is 0 Å². The minimum absolute atomic E-state index is 0.839. The highest BCUT2D eigenvalue weighted by atomic mass is 15.2. The number of hydrogen-bond acceptors (Lipinski definition) is 4. The molecule has 4 heteroatoms. The summed E-state index contributed by atoms with van der Waals surface area (Å²) in [5, 5.41) is 3.44. The first-order valence-corrected chi connectivity index (χ1v) is 8.24. The molecule has 1 aromatic carbocycles. The van der Waals surface area contributed by atoms with E-state index < -0.39 is 0 Å². The van der Waals surface area contributed by atoms with Crippen molar-refractivity contribution in [2.24, 2.45) is 0 Å². The lowest BCUT2D eigenvalue weighted by molar-refractivity contribution is 0.708. The third kappa shape index (κ3) is 3.96. The van der Waals surface area contributed by atoms with Crippen LogP contribution in [0.1, 0.15) is 22.6 Å². The molecule has 1 aromatic heterocycles. The number of anilines is 1. The Morgan fingerprint density at radius 3 is 2.74 bits per heavy atom. The third-order valence-corrected chi connectivity index (χ3v) is 4.12. The van der Waals surface area contributed by atoms with E-state index in [1.165, 1.54) is 16.8 Å². The number of hydrogen-bond donors (Lipinski definition) is 1. The van der Waals surface area contributed by atoms with Crippen LogP contribution in [-0.2, 0) is 12.8 Å². The summed E-state index contributed by atoms with van der Waals surface area (Å²) < 4.78 is 0. The van der Waals surface area contributed by atoms with Crippen LogP contribution in [0.25, 0.3) is 6.08 Å². The van der Waals surface area contributed by atoms with Crippen LogP contribution in [0.5, 0.6) is 0 Å². The van der Waals surface area contributed by atoms with Crippen LogP contribution in [-0.4, -0.2) is 36.6 Å². The Kier molecular flexibility index (Phi) is 5.03. The largest absolute Gasteiger partial charge is 0.356 e. The Labute approximate surface area is 138 Å². The molecule has 23 heavy (non-hydrogen) atoms. The van der Waals surface area contributed by atoms with Gasteiger partial charge >= 0.3 is 0 Å². The Balaban J connectivity index is 1.78. The zero-order chi connectivity index (χ0) is 16.1. The van der Waals surface area contributed by atoms with Crippen LogP contribution in [0.15, 0.2) is 36.4 Å². The van der Waals surface area contributed by atoms with Gasteiger partial charge in [-0.3, -0.25) is 0 Å². The molecule has 0 aliphatic carbocycles. The molecule has 0 radical (unpaired) electrons. The summed E-state index contributed by atoms with van der Waals surface area (Å²) in [5.41, 5.74) is 3.73. The lowest BCUT2D eigenvalue weighted by Gasteiger charge is -2.21. The molecule has 4 nitrogen and oxygen atoms in total. The number of nitrogens with zero attached hydrogens (tertiary/aromatic N) is 3. The second kappa shape index (κ2) is 7.38. The number of aryl methyl sites for hydroxylation is 1. The molecule has 0 atom stereocenters. The summed E-state index contributed by atoms with van der Waals surface area (Å²) in [6, 6.07) is 10.4. The quantitative estimate of drug-likeness (QED) is 0.943. The van der Waals surface area contributed by atoms with Crippen LogP contribution in [0.4, 0.5) is 5.82 Å². The van der Waals surface area contributed by atoms with E-state index in [1.54, 1.807) is 0 Å². The molecule has 0 bridgehead atoms. The molecule has 0 amide bonds. The fourth-order valence-corrected chi connectivity index (χ4v) is 2.96. The van der Waals surface area contributed by atoms with E-state index in [1.807, 2.05) is 13.0 Å². The lowest BCUT2D eigenvalue weighted by atomic mass is 10.1. The Morgan fingerprint density at radius 2 is 1.91 bits per heavy atom. The predicted molar refractivity (Wildman–Crippen MR) is 95.8 cm³/mol. The van der Waals surface area contributed by atoms with E-state index in [-0.39, 0.29) is 0 Å². The standard InChI is InChI=1S/C19H24N4/c1-15-21-18-11-13-20-12-10-17(18)19(22-15)23(2)14-6-9-16-7-4-3-5-8-16/h3-9,20H,10-14H2,1-2H3. The van der Waals surface area contributed by atoms with E-state index in [0.29, 0.717) is 0 Å². The van der Waals surface area contributed by atoms with Gasteiger partial charge in [0, 0.05) is 32.1 Å². The zero-order valence-electron chi connectivity index (χ0n) is 13.9. The number of benzene rings is 1. The molecule has 2 heterocycles. The molecule has 2 aromatic rings. The van der Waals surface area contributed by atoms with Crippen molar-refractivity contribution in [1.82, 2.24) is 15.3 Å². The van der Waals surface area contributed by atoms with Gasteiger partial charge in [0.05, 0.1) is 5.69 Å². The summed E-state index contributed by atoms with van der Waals surface area (Å²) in [6.45, 7) is 4.82. The first kappa shape index (κ1) is 15.7. The molecular weight excluding hydrogens is 284 g/mol. The first-order chi connectivity index (χ1) is 11.2. The topological polar surface area (TPSA) is 41.1 Å². The van der Waals surface area contributed by atoms with Crippen molar-refractivity contribution in [3.63, 3.8) is 0 Å². The second-order valence-electron chi connectivity index (χ2n) is 5.96. The van der Waals surface area contributed by atoms with Gasteiger partial charge < -0.3 is 10.2 Å². The summed E-state index contributed by atoms with van der Waals surface area (Å²) in [5.74, 6) is 1.94. The highest BCUT2D eigenvalue weighted by Crippen LogP contribution is 2.22. The second-order valence-corrected chi connectivity index (χ2v) is 5.96. The minimum Gasteiger partial charge on any atom is -0.356 e. The van der Waals surface area contributed by atoms with Crippen molar-refractivity contribution in [3.05, 3.63) is 59.1 Å². The molecule has 120 valence electrons. The maximum atomic E-state index is 4.71. The van der Waals surface area contributed by atoms with Gasteiger partial charge in [0.15, 0.2) is 0 Å². The summed E-state index contributed by atoms with van der Waals surface area (Å²) in [7, 11) is 2.11. The molecule has 1 aliphatic rings. The predicted octanol–water partition coefficient (Wildman–Crippen LogP) is 2.62. The summed E-state index contributed by atoms with van der Waals surface area (Å²) in [6.07, 6.45) is 6.33. The maximum Gasteiger partial charge on any atom is 0.135 e. The average molecular weight is 308 g/mol. The van der Waals surface area contributed by atoms with Crippen LogP contribution >= 0.6 is 0 Å². The number of nitrogens with one attached hydrogen (secondary N) is 1. The van der Waals surface area contributed by atoms with Crippen molar-refractivity contribution in [3.8, 4) is 0 Å². The third-order valence-electron chi connectivity index (χ3n) is 4.12. The number of rotatable bonds is 4. The Bertz CT molecular complexity index is 679. The summed E-state index contributed by atoms with van der Waals surface area (Å²) >= 11 is 0. The first-order valence-electron chi connectivity index (χ1n) is 8.24. The Hall–Kier alpha value is -2.20. The molecule has 0 spiro atoms. The Morgan fingerprint density at radius 1 is 1.13 bits per heavy atom. The van der Waals surface area contributed by atoms with E-state index >= 15 is 0 Å².